The van der Waals surface area contributed by atoms with Gasteiger partial charge in [-0.1, -0.05) is 6.92 Å². The van der Waals surface area contributed by atoms with Crippen LogP contribution in [0.25, 0.3) is 0 Å². The van der Waals surface area contributed by atoms with Gasteiger partial charge in [-0.05, 0) is 12.2 Å². The number of nitrogen functional groups attached to an aromatic ring is 1. The van der Waals surface area contributed by atoms with E-state index in [4.69, 9.17) is 15.2 Å². The molecule has 0 fully saturated rings. The largest absolute Gasteiger partial charge is 0.454 e. The Bertz CT molecular complexity index is 451. The number of hydrogen-bond acceptors (Lipinski definition) is 5. The number of benzene rings is 1. The van der Waals surface area contributed by atoms with E-state index in [2.05, 4.69) is 12.2 Å². The monoisotopic (exact) mass is 268 g/mol. The molecule has 1 aliphatic heterocycles. The van der Waals surface area contributed by atoms with Gasteiger partial charge in [0.1, 0.15) is 0 Å². The summed E-state index contributed by atoms with van der Waals surface area (Å²) in [6.07, 6.45) is 1.06. The standard InChI is InChI=1S/C12H16N2O3S/c1-2-3-18-6-12(15)14-9-5-11-10(4-8(9)13)16-7-17-11/h4-5H,2-3,6-7,13H2,1H3,(H,14,15). The van der Waals surface area contributed by atoms with Crippen molar-refractivity contribution in [2.45, 2.75) is 13.3 Å². The number of thioether (sulfide) groups is 1. The van der Waals surface area contributed by atoms with Gasteiger partial charge in [0.05, 0.1) is 17.1 Å². The van der Waals surface area contributed by atoms with Gasteiger partial charge >= 0.3 is 0 Å². The van der Waals surface area contributed by atoms with E-state index in [0.717, 1.165) is 12.2 Å². The van der Waals surface area contributed by atoms with Crippen molar-refractivity contribution in [2.24, 2.45) is 0 Å². The van der Waals surface area contributed by atoms with Gasteiger partial charge in [-0.25, -0.2) is 0 Å². The van der Waals surface area contributed by atoms with Crippen LogP contribution in [-0.2, 0) is 4.79 Å². The van der Waals surface area contributed by atoms with Crippen LogP contribution in [0.1, 0.15) is 13.3 Å². The molecule has 98 valence electrons. The Balaban J connectivity index is 1.99. The predicted molar refractivity (Wildman–Crippen MR) is 73.2 cm³/mol. The van der Waals surface area contributed by atoms with E-state index < -0.39 is 0 Å². The third-order valence-corrected chi connectivity index (χ3v) is 3.56. The smallest absolute Gasteiger partial charge is 0.234 e. The zero-order valence-electron chi connectivity index (χ0n) is 10.2. The van der Waals surface area contributed by atoms with Crippen molar-refractivity contribution in [3.8, 4) is 11.5 Å². The Morgan fingerprint density at radius 2 is 2.17 bits per heavy atom. The quantitative estimate of drug-likeness (QED) is 0.632. The van der Waals surface area contributed by atoms with Crippen molar-refractivity contribution in [3.63, 3.8) is 0 Å². The molecule has 0 saturated heterocycles. The molecule has 0 aliphatic carbocycles. The number of nitrogens with one attached hydrogen (secondary N) is 1. The Hall–Kier alpha value is -1.56. The van der Waals surface area contributed by atoms with Crippen LogP contribution < -0.4 is 20.5 Å². The van der Waals surface area contributed by atoms with Crippen LogP contribution in [0.4, 0.5) is 11.4 Å². The van der Waals surface area contributed by atoms with E-state index in [1.807, 2.05) is 0 Å². The highest BCUT2D eigenvalue weighted by molar-refractivity contribution is 7.99. The van der Waals surface area contributed by atoms with Gasteiger partial charge in [-0.2, -0.15) is 11.8 Å². The lowest BCUT2D eigenvalue weighted by Crippen LogP contribution is -2.15. The van der Waals surface area contributed by atoms with Crippen molar-refractivity contribution in [2.75, 3.05) is 29.3 Å². The van der Waals surface area contributed by atoms with E-state index in [-0.39, 0.29) is 12.7 Å². The van der Waals surface area contributed by atoms with E-state index in [0.29, 0.717) is 28.6 Å². The van der Waals surface area contributed by atoms with Gasteiger partial charge in [-0.15, -0.1) is 0 Å². The number of rotatable bonds is 5. The third kappa shape index (κ3) is 3.01. The van der Waals surface area contributed by atoms with Gasteiger partial charge in [0.25, 0.3) is 0 Å². The molecule has 0 atom stereocenters. The van der Waals surface area contributed by atoms with Crippen molar-refractivity contribution >= 4 is 29.0 Å². The Morgan fingerprint density at radius 3 is 2.89 bits per heavy atom. The summed E-state index contributed by atoms with van der Waals surface area (Å²) in [5.41, 5.74) is 6.89. The number of nitrogens with two attached hydrogens (primary N) is 1. The summed E-state index contributed by atoms with van der Waals surface area (Å²) in [6, 6.07) is 3.36. The second kappa shape index (κ2) is 5.86. The Kier molecular flexibility index (Phi) is 4.19. The lowest BCUT2D eigenvalue weighted by atomic mass is 10.2. The lowest BCUT2D eigenvalue weighted by molar-refractivity contribution is -0.113. The van der Waals surface area contributed by atoms with Crippen LogP contribution in [0.3, 0.4) is 0 Å². The van der Waals surface area contributed by atoms with Gasteiger partial charge in [0.15, 0.2) is 11.5 Å². The first-order valence-electron chi connectivity index (χ1n) is 5.77. The van der Waals surface area contributed by atoms with Crippen LogP contribution in [-0.4, -0.2) is 24.2 Å². The van der Waals surface area contributed by atoms with E-state index in [1.54, 1.807) is 23.9 Å². The first-order chi connectivity index (χ1) is 8.70. The van der Waals surface area contributed by atoms with Crippen LogP contribution in [0.15, 0.2) is 12.1 Å². The molecule has 5 nitrogen and oxygen atoms in total. The van der Waals surface area contributed by atoms with E-state index >= 15 is 0 Å². The van der Waals surface area contributed by atoms with Crippen molar-refractivity contribution in [1.29, 1.82) is 0 Å². The summed E-state index contributed by atoms with van der Waals surface area (Å²) in [7, 11) is 0. The van der Waals surface area contributed by atoms with Crippen LogP contribution in [0.5, 0.6) is 11.5 Å². The highest BCUT2D eigenvalue weighted by atomic mass is 32.2. The fourth-order valence-corrected chi connectivity index (χ4v) is 2.25. The fourth-order valence-electron chi connectivity index (χ4n) is 1.56. The fraction of sp³-hybridized carbons (Fsp3) is 0.417. The predicted octanol–water partition coefficient (Wildman–Crippen LogP) is 2.08. The summed E-state index contributed by atoms with van der Waals surface area (Å²) in [6.45, 7) is 2.28. The molecule has 0 unspecified atom stereocenters. The molecular formula is C12H16N2O3S. The molecule has 3 N–H and O–H groups in total. The molecule has 6 heteroatoms. The van der Waals surface area contributed by atoms with Gasteiger partial charge in [0.2, 0.25) is 12.7 Å². The maximum absolute atomic E-state index is 11.7. The number of ether oxygens (including phenoxy) is 2. The lowest BCUT2D eigenvalue weighted by Gasteiger charge is -2.09. The molecule has 2 rings (SSSR count). The van der Waals surface area contributed by atoms with Gasteiger partial charge in [0, 0.05) is 12.1 Å². The Morgan fingerprint density at radius 1 is 1.44 bits per heavy atom. The van der Waals surface area contributed by atoms with E-state index in [1.165, 1.54) is 0 Å². The number of carbonyl (C=O) groups excluding carboxylic acids is 1. The normalized spacial score (nSPS) is 12.5. The molecule has 0 spiro atoms. The van der Waals surface area contributed by atoms with Crippen molar-refractivity contribution in [3.05, 3.63) is 12.1 Å². The summed E-state index contributed by atoms with van der Waals surface area (Å²) >= 11 is 1.60. The summed E-state index contributed by atoms with van der Waals surface area (Å²) in [5, 5.41) is 2.78. The van der Waals surface area contributed by atoms with Crippen LogP contribution in [0.2, 0.25) is 0 Å². The molecule has 0 aromatic heterocycles. The molecular weight excluding hydrogens is 252 g/mol. The first kappa shape index (κ1) is 12.9. The van der Waals surface area contributed by atoms with E-state index in [9.17, 15) is 4.79 Å². The average molecular weight is 268 g/mol. The maximum atomic E-state index is 11.7. The average Bonchev–Trinajstić information content (AvgIpc) is 2.77. The molecule has 1 heterocycles. The number of fused-ring (bicyclic) bond motifs is 1. The molecule has 1 amide bonds. The minimum absolute atomic E-state index is 0.0565. The molecule has 0 radical (unpaired) electrons. The summed E-state index contributed by atoms with van der Waals surface area (Å²) in [4.78, 5) is 11.7. The maximum Gasteiger partial charge on any atom is 0.234 e. The third-order valence-electron chi connectivity index (χ3n) is 2.40. The molecule has 0 saturated carbocycles. The number of amides is 1. The summed E-state index contributed by atoms with van der Waals surface area (Å²) < 4.78 is 10.4. The second-order valence-electron chi connectivity index (χ2n) is 3.89. The van der Waals surface area contributed by atoms with Crippen molar-refractivity contribution in [1.82, 2.24) is 0 Å². The van der Waals surface area contributed by atoms with Crippen molar-refractivity contribution < 1.29 is 14.3 Å². The first-order valence-corrected chi connectivity index (χ1v) is 6.93. The van der Waals surface area contributed by atoms with Gasteiger partial charge in [-0.3, -0.25) is 4.79 Å². The minimum Gasteiger partial charge on any atom is -0.454 e. The highest BCUT2D eigenvalue weighted by Gasteiger charge is 2.17. The number of anilines is 2. The zero-order chi connectivity index (χ0) is 13.0. The Labute approximate surface area is 110 Å². The SMILES string of the molecule is CCCSCC(=O)Nc1cc2c(cc1N)OCO2. The minimum atomic E-state index is -0.0565. The number of carbonyl (C=O) groups is 1. The molecule has 1 aliphatic rings. The molecule has 1 aromatic rings. The van der Waals surface area contributed by atoms with Crippen LogP contribution >= 0.6 is 11.8 Å². The van der Waals surface area contributed by atoms with Gasteiger partial charge < -0.3 is 20.5 Å². The molecule has 0 bridgehead atoms. The summed E-state index contributed by atoms with van der Waals surface area (Å²) in [5.74, 6) is 2.58. The molecule has 1 aromatic carbocycles. The zero-order valence-corrected chi connectivity index (χ0v) is 11.0. The molecule has 18 heavy (non-hydrogen) atoms. The highest BCUT2D eigenvalue weighted by Crippen LogP contribution is 2.38. The second-order valence-corrected chi connectivity index (χ2v) is 5.00. The topological polar surface area (TPSA) is 73.6 Å². The van der Waals surface area contributed by atoms with Crippen LogP contribution in [0, 0.1) is 0 Å². The number of hydrogen-bond donors (Lipinski definition) is 2.